The molecular weight excluding hydrogens is 336 g/mol. The molecule has 19 heavy (non-hydrogen) atoms. The summed E-state index contributed by atoms with van der Waals surface area (Å²) in [6.45, 7) is 5.46. The van der Waals surface area contributed by atoms with Gasteiger partial charge < -0.3 is 5.11 Å². The first-order chi connectivity index (χ1) is 8.55. The first-order valence-corrected chi connectivity index (χ1v) is 8.10. The summed E-state index contributed by atoms with van der Waals surface area (Å²) in [4.78, 5) is 0. The Balaban J connectivity index is 2.83. The number of aliphatic hydroxyl groups is 1. The summed E-state index contributed by atoms with van der Waals surface area (Å²) in [5.41, 5.74) is -1.10. The van der Waals surface area contributed by atoms with Gasteiger partial charge in [-0.1, -0.05) is 19.1 Å². The molecule has 0 saturated heterocycles. The molecule has 1 unspecified atom stereocenters. The molecule has 110 valence electrons. The van der Waals surface area contributed by atoms with Crippen LogP contribution in [-0.4, -0.2) is 40.7 Å². The molecule has 0 aliphatic carbocycles. The zero-order valence-corrected chi connectivity index (χ0v) is 13.8. The fraction of sp³-hybridized carbons (Fsp3) is 0.800. The van der Waals surface area contributed by atoms with Crippen molar-refractivity contribution < 1.29 is 13.5 Å². The summed E-state index contributed by atoms with van der Waals surface area (Å²) in [5.74, 6) is 0.268. The van der Waals surface area contributed by atoms with Gasteiger partial charge in [0.2, 0.25) is 5.03 Å². The van der Waals surface area contributed by atoms with E-state index in [4.69, 9.17) is 0 Å². The van der Waals surface area contributed by atoms with Crippen LogP contribution in [0.4, 0.5) is 0 Å². The molecule has 1 aromatic heterocycles. The predicted molar refractivity (Wildman–Crippen MR) is 74.0 cm³/mol. The van der Waals surface area contributed by atoms with E-state index in [1.54, 1.807) is 6.92 Å². The summed E-state index contributed by atoms with van der Waals surface area (Å²) < 4.78 is 27.9. The summed E-state index contributed by atoms with van der Waals surface area (Å²) >= 11 is 3.04. The summed E-state index contributed by atoms with van der Waals surface area (Å²) in [6.07, 6.45) is 0.500. The normalized spacial score (nSPS) is 15.7. The van der Waals surface area contributed by atoms with Gasteiger partial charge in [0, 0.05) is 13.6 Å². The zero-order chi connectivity index (χ0) is 14.8. The number of sulfonamides is 1. The van der Waals surface area contributed by atoms with Gasteiger partial charge in [0.25, 0.3) is 10.0 Å². The van der Waals surface area contributed by atoms with E-state index in [0.717, 1.165) is 4.68 Å². The van der Waals surface area contributed by atoms with E-state index in [1.165, 1.54) is 7.05 Å². The molecule has 0 aliphatic heterocycles. The van der Waals surface area contributed by atoms with E-state index in [1.807, 2.05) is 13.8 Å². The molecule has 0 radical (unpaired) electrons. The molecule has 1 atom stereocenters. The highest BCUT2D eigenvalue weighted by Gasteiger charge is 2.28. The van der Waals surface area contributed by atoms with E-state index in [9.17, 15) is 13.5 Å². The standard InChI is InChI=1S/C10H19BrN4O3S/c1-7(2)5-10(3,16)6-12-19(17,18)9-8(11)13-14-15(9)4/h7,12,16H,5-6H2,1-4H3. The van der Waals surface area contributed by atoms with Crippen molar-refractivity contribution in [1.82, 2.24) is 19.7 Å². The SMILES string of the molecule is CC(C)CC(C)(O)CNS(=O)(=O)c1c(Br)nnn1C. The molecule has 7 nitrogen and oxygen atoms in total. The Kier molecular flexibility index (Phi) is 5.10. The van der Waals surface area contributed by atoms with E-state index < -0.39 is 15.6 Å². The average Bonchev–Trinajstić information content (AvgIpc) is 2.55. The fourth-order valence-corrected chi connectivity index (χ4v) is 4.13. The van der Waals surface area contributed by atoms with Crippen molar-refractivity contribution in [2.45, 2.75) is 37.8 Å². The molecule has 1 heterocycles. The van der Waals surface area contributed by atoms with Gasteiger partial charge in [0.15, 0.2) is 4.60 Å². The highest BCUT2D eigenvalue weighted by atomic mass is 79.9. The van der Waals surface area contributed by atoms with Gasteiger partial charge in [-0.3, -0.25) is 0 Å². The maximum Gasteiger partial charge on any atom is 0.260 e. The molecule has 0 saturated carbocycles. The largest absolute Gasteiger partial charge is 0.389 e. The number of nitrogens with one attached hydrogen (secondary N) is 1. The molecule has 1 rings (SSSR count). The zero-order valence-electron chi connectivity index (χ0n) is 11.4. The summed E-state index contributed by atoms with van der Waals surface area (Å²) in [6, 6.07) is 0. The maximum absolute atomic E-state index is 12.1. The molecule has 9 heteroatoms. The van der Waals surface area contributed by atoms with Gasteiger partial charge in [0.1, 0.15) is 0 Å². The van der Waals surface area contributed by atoms with Crippen LogP contribution in [0.1, 0.15) is 27.2 Å². The second-order valence-corrected chi connectivity index (χ2v) is 7.66. The van der Waals surface area contributed by atoms with Crippen LogP contribution >= 0.6 is 15.9 Å². The van der Waals surface area contributed by atoms with E-state index in [-0.39, 0.29) is 22.1 Å². The quantitative estimate of drug-likeness (QED) is 0.781. The minimum absolute atomic E-state index is 0.0622. The molecule has 0 amide bonds. The van der Waals surface area contributed by atoms with Crippen LogP contribution in [0.15, 0.2) is 9.63 Å². The lowest BCUT2D eigenvalue weighted by Crippen LogP contribution is -2.41. The van der Waals surface area contributed by atoms with Crippen LogP contribution in [0, 0.1) is 5.92 Å². The van der Waals surface area contributed by atoms with Gasteiger partial charge in [-0.15, -0.1) is 5.10 Å². The van der Waals surface area contributed by atoms with Crippen LogP contribution in [0.2, 0.25) is 0 Å². The number of halogens is 1. The second kappa shape index (κ2) is 5.86. The van der Waals surface area contributed by atoms with Gasteiger partial charge in [-0.25, -0.2) is 17.8 Å². The van der Waals surface area contributed by atoms with Crippen molar-refractivity contribution in [2.24, 2.45) is 13.0 Å². The van der Waals surface area contributed by atoms with Crippen molar-refractivity contribution in [2.75, 3.05) is 6.54 Å². The molecule has 0 spiro atoms. The Morgan fingerprint density at radius 3 is 2.53 bits per heavy atom. The van der Waals surface area contributed by atoms with Crippen LogP contribution in [-0.2, 0) is 17.1 Å². The molecule has 1 aromatic rings. The van der Waals surface area contributed by atoms with Crippen LogP contribution in [0.25, 0.3) is 0 Å². The third-order valence-electron chi connectivity index (χ3n) is 2.48. The Bertz CT molecular complexity index is 519. The monoisotopic (exact) mass is 354 g/mol. The number of hydrogen-bond acceptors (Lipinski definition) is 5. The van der Waals surface area contributed by atoms with E-state index in [0.29, 0.717) is 6.42 Å². The summed E-state index contributed by atoms with van der Waals surface area (Å²) in [7, 11) is -2.28. The predicted octanol–water partition coefficient (Wildman–Crippen LogP) is 0.653. The number of aryl methyl sites for hydroxylation is 1. The molecule has 0 bridgehead atoms. The van der Waals surface area contributed by atoms with Crippen molar-refractivity contribution in [3.8, 4) is 0 Å². The Morgan fingerprint density at radius 1 is 1.53 bits per heavy atom. The minimum Gasteiger partial charge on any atom is -0.389 e. The molecule has 0 aliphatic rings. The maximum atomic E-state index is 12.1. The lowest BCUT2D eigenvalue weighted by Gasteiger charge is -2.25. The van der Waals surface area contributed by atoms with Crippen LogP contribution in [0.3, 0.4) is 0 Å². The third kappa shape index (κ3) is 4.51. The number of hydrogen-bond donors (Lipinski definition) is 2. The Morgan fingerprint density at radius 2 is 2.11 bits per heavy atom. The summed E-state index contributed by atoms with van der Waals surface area (Å²) in [5, 5.41) is 17.3. The third-order valence-corrected chi connectivity index (χ3v) is 4.77. The molecular formula is C10H19BrN4O3S. The highest BCUT2D eigenvalue weighted by molar-refractivity contribution is 9.10. The van der Waals surface area contributed by atoms with Gasteiger partial charge in [-0.05, 0) is 35.2 Å². The fourth-order valence-electron chi connectivity index (χ4n) is 1.88. The van der Waals surface area contributed by atoms with Gasteiger partial charge in [0.05, 0.1) is 5.60 Å². The van der Waals surface area contributed by atoms with Crippen molar-refractivity contribution in [1.29, 1.82) is 0 Å². The van der Waals surface area contributed by atoms with Gasteiger partial charge in [-0.2, -0.15) is 0 Å². The molecule has 0 fully saturated rings. The Hall–Kier alpha value is -0.510. The first-order valence-electron chi connectivity index (χ1n) is 5.82. The van der Waals surface area contributed by atoms with Crippen LogP contribution < -0.4 is 4.72 Å². The van der Waals surface area contributed by atoms with Crippen molar-refractivity contribution >= 4 is 26.0 Å². The van der Waals surface area contributed by atoms with Crippen LogP contribution in [0.5, 0.6) is 0 Å². The molecule has 2 N–H and O–H groups in total. The smallest absolute Gasteiger partial charge is 0.260 e. The lowest BCUT2D eigenvalue weighted by molar-refractivity contribution is 0.0436. The highest BCUT2D eigenvalue weighted by Crippen LogP contribution is 2.19. The van der Waals surface area contributed by atoms with E-state index >= 15 is 0 Å². The lowest BCUT2D eigenvalue weighted by atomic mass is 9.95. The Labute approximate surface area is 121 Å². The molecule has 0 aromatic carbocycles. The first kappa shape index (κ1) is 16.5. The van der Waals surface area contributed by atoms with Crippen molar-refractivity contribution in [3.05, 3.63) is 4.60 Å². The number of nitrogens with zero attached hydrogens (tertiary/aromatic N) is 3. The topological polar surface area (TPSA) is 97.1 Å². The average molecular weight is 355 g/mol. The minimum atomic E-state index is -3.77. The number of rotatable bonds is 6. The number of aromatic nitrogens is 3. The van der Waals surface area contributed by atoms with Crippen molar-refractivity contribution in [3.63, 3.8) is 0 Å². The second-order valence-electron chi connectivity index (χ2n) is 5.23. The van der Waals surface area contributed by atoms with Gasteiger partial charge >= 0.3 is 0 Å². The van der Waals surface area contributed by atoms with E-state index in [2.05, 4.69) is 31.0 Å².